The van der Waals surface area contributed by atoms with E-state index in [1.807, 2.05) is 4.68 Å². The number of benzene rings is 1. The van der Waals surface area contributed by atoms with Crippen molar-refractivity contribution in [1.29, 1.82) is 0 Å². The van der Waals surface area contributed by atoms with E-state index in [9.17, 15) is 10.1 Å². The van der Waals surface area contributed by atoms with Crippen molar-refractivity contribution in [3.05, 3.63) is 45.6 Å². The number of non-ortho nitro benzene ring substituents is 1. The Morgan fingerprint density at radius 1 is 1.28 bits per heavy atom. The topological polar surface area (TPSA) is 76.2 Å². The van der Waals surface area contributed by atoms with Crippen molar-refractivity contribution in [2.24, 2.45) is 0 Å². The number of piperidine rings is 1. The molecule has 132 valence electrons. The summed E-state index contributed by atoms with van der Waals surface area (Å²) in [6.45, 7) is 6.53. The summed E-state index contributed by atoms with van der Waals surface area (Å²) in [7, 11) is 0. The van der Waals surface area contributed by atoms with Gasteiger partial charge in [0, 0.05) is 30.2 Å². The molecule has 0 atom stereocenters. The van der Waals surface area contributed by atoms with Crippen LogP contribution in [0.4, 0.5) is 11.5 Å². The second-order valence-corrected chi connectivity index (χ2v) is 6.78. The first kappa shape index (κ1) is 16.1. The molecule has 7 nitrogen and oxygen atoms in total. The number of hydrogen-bond donors (Lipinski definition) is 1. The third-order valence-corrected chi connectivity index (χ3v) is 5.41. The Kier molecular flexibility index (Phi) is 4.17. The van der Waals surface area contributed by atoms with E-state index in [4.69, 9.17) is 5.10 Å². The monoisotopic (exact) mass is 341 g/mol. The molecule has 1 fully saturated rings. The molecule has 25 heavy (non-hydrogen) atoms. The Hall–Kier alpha value is -2.41. The van der Waals surface area contributed by atoms with Gasteiger partial charge >= 0.3 is 0 Å². The number of nitro groups is 1. The molecule has 0 amide bonds. The van der Waals surface area contributed by atoms with Gasteiger partial charge in [-0.05, 0) is 51.0 Å². The predicted octanol–water partition coefficient (Wildman–Crippen LogP) is 2.95. The largest absolute Gasteiger partial charge is 0.369 e. The molecule has 0 bridgehead atoms. The Labute approximate surface area is 146 Å². The first-order chi connectivity index (χ1) is 12.2. The quantitative estimate of drug-likeness (QED) is 0.683. The maximum Gasteiger partial charge on any atom is 0.269 e. The van der Waals surface area contributed by atoms with Crippen molar-refractivity contribution >= 4 is 11.5 Å². The van der Waals surface area contributed by atoms with Gasteiger partial charge in [0.05, 0.1) is 16.3 Å². The van der Waals surface area contributed by atoms with Gasteiger partial charge in [-0.2, -0.15) is 5.10 Å². The van der Waals surface area contributed by atoms with E-state index < -0.39 is 0 Å². The second-order valence-electron chi connectivity index (χ2n) is 6.78. The summed E-state index contributed by atoms with van der Waals surface area (Å²) in [6, 6.07) is 6.62. The van der Waals surface area contributed by atoms with Crippen LogP contribution in [0.5, 0.6) is 0 Å². The summed E-state index contributed by atoms with van der Waals surface area (Å²) in [5.41, 5.74) is 3.52. The number of nitrogens with zero attached hydrogens (tertiary/aromatic N) is 4. The molecule has 0 spiro atoms. The van der Waals surface area contributed by atoms with Crippen molar-refractivity contribution in [3.8, 4) is 5.69 Å². The third kappa shape index (κ3) is 2.89. The average Bonchev–Trinajstić information content (AvgIpc) is 3.24. The highest BCUT2D eigenvalue weighted by atomic mass is 16.6. The van der Waals surface area contributed by atoms with E-state index in [1.54, 1.807) is 12.1 Å². The predicted molar refractivity (Wildman–Crippen MR) is 96.5 cm³/mol. The van der Waals surface area contributed by atoms with E-state index in [2.05, 4.69) is 17.1 Å². The maximum atomic E-state index is 10.9. The van der Waals surface area contributed by atoms with Gasteiger partial charge in [-0.25, -0.2) is 4.68 Å². The Bertz CT molecular complexity index is 776. The molecule has 2 aromatic rings. The van der Waals surface area contributed by atoms with E-state index in [1.165, 1.54) is 23.4 Å². The third-order valence-electron chi connectivity index (χ3n) is 5.41. The lowest BCUT2D eigenvalue weighted by molar-refractivity contribution is -0.384. The van der Waals surface area contributed by atoms with Gasteiger partial charge in [-0.1, -0.05) is 6.92 Å². The number of aromatic nitrogens is 2. The number of nitrogens with one attached hydrogen (secondary N) is 1. The summed E-state index contributed by atoms with van der Waals surface area (Å²) >= 11 is 0. The minimum Gasteiger partial charge on any atom is -0.369 e. The number of anilines is 1. The van der Waals surface area contributed by atoms with Crippen molar-refractivity contribution in [2.75, 3.05) is 31.5 Å². The molecule has 0 aliphatic carbocycles. The number of rotatable bonds is 4. The van der Waals surface area contributed by atoms with Crippen LogP contribution in [0.3, 0.4) is 0 Å². The molecule has 1 aromatic carbocycles. The van der Waals surface area contributed by atoms with Crippen LogP contribution in [-0.4, -0.2) is 45.8 Å². The first-order valence-electron chi connectivity index (χ1n) is 9.00. The van der Waals surface area contributed by atoms with Crippen molar-refractivity contribution in [3.63, 3.8) is 0 Å². The van der Waals surface area contributed by atoms with Crippen LogP contribution < -0.4 is 5.32 Å². The molecule has 1 N–H and O–H groups in total. The van der Waals surface area contributed by atoms with Gasteiger partial charge in [0.25, 0.3) is 5.69 Å². The normalized spacial score (nSPS) is 18.1. The molecule has 1 saturated heterocycles. The number of hydrogen-bond acceptors (Lipinski definition) is 5. The van der Waals surface area contributed by atoms with Crippen LogP contribution in [0.15, 0.2) is 24.3 Å². The van der Waals surface area contributed by atoms with Gasteiger partial charge in [-0.3, -0.25) is 10.1 Å². The molecule has 0 unspecified atom stereocenters. The molecular formula is C18H23N5O2. The second kappa shape index (κ2) is 6.48. The zero-order valence-electron chi connectivity index (χ0n) is 14.4. The van der Waals surface area contributed by atoms with Crippen LogP contribution in [0.1, 0.15) is 36.9 Å². The molecular weight excluding hydrogens is 318 g/mol. The van der Waals surface area contributed by atoms with E-state index in [0.29, 0.717) is 5.92 Å². The Morgan fingerprint density at radius 3 is 2.64 bits per heavy atom. The maximum absolute atomic E-state index is 10.9. The van der Waals surface area contributed by atoms with Crippen LogP contribution in [-0.2, 0) is 6.42 Å². The highest BCUT2D eigenvalue weighted by Crippen LogP contribution is 2.36. The minimum absolute atomic E-state index is 0.104. The zero-order chi connectivity index (χ0) is 17.4. The van der Waals surface area contributed by atoms with E-state index in [-0.39, 0.29) is 10.6 Å². The fourth-order valence-corrected chi connectivity index (χ4v) is 3.95. The smallest absolute Gasteiger partial charge is 0.269 e. The highest BCUT2D eigenvalue weighted by molar-refractivity contribution is 5.58. The molecule has 1 aromatic heterocycles. The minimum atomic E-state index is -0.373. The van der Waals surface area contributed by atoms with E-state index in [0.717, 1.165) is 56.9 Å². The first-order valence-corrected chi connectivity index (χ1v) is 9.00. The SMILES string of the molecule is CCN1CCC(c2nn(-c3ccc([N+](=O)[O-])cc3)c3c2CCN3)CC1. The zero-order valence-corrected chi connectivity index (χ0v) is 14.4. The molecule has 2 aliphatic rings. The van der Waals surface area contributed by atoms with Crippen molar-refractivity contribution in [2.45, 2.75) is 32.1 Å². The lowest BCUT2D eigenvalue weighted by Crippen LogP contribution is -2.33. The lowest BCUT2D eigenvalue weighted by Gasteiger charge is -2.30. The van der Waals surface area contributed by atoms with Gasteiger partial charge in [-0.15, -0.1) is 0 Å². The van der Waals surface area contributed by atoms with Gasteiger partial charge < -0.3 is 10.2 Å². The van der Waals surface area contributed by atoms with Gasteiger partial charge in [0.15, 0.2) is 0 Å². The number of fused-ring (bicyclic) bond motifs is 1. The van der Waals surface area contributed by atoms with Crippen molar-refractivity contribution in [1.82, 2.24) is 14.7 Å². The number of likely N-dealkylation sites (tertiary alicyclic amines) is 1. The summed E-state index contributed by atoms with van der Waals surface area (Å²) in [6.07, 6.45) is 3.31. The fraction of sp³-hybridized carbons (Fsp3) is 0.500. The average molecular weight is 341 g/mol. The van der Waals surface area contributed by atoms with Crippen LogP contribution >= 0.6 is 0 Å². The van der Waals surface area contributed by atoms with Crippen LogP contribution in [0, 0.1) is 10.1 Å². The molecule has 0 saturated carbocycles. The van der Waals surface area contributed by atoms with Gasteiger partial charge in [0.2, 0.25) is 0 Å². The molecule has 7 heteroatoms. The van der Waals surface area contributed by atoms with Gasteiger partial charge in [0.1, 0.15) is 5.82 Å². The lowest BCUT2D eigenvalue weighted by atomic mass is 9.91. The molecule has 3 heterocycles. The standard InChI is InChI=1S/C18H23N5O2/c1-2-21-11-8-13(9-12-21)17-16-7-10-19-18(16)22(20-17)14-3-5-15(6-4-14)23(24)25/h3-6,13,19H,2,7-12H2,1H3. The molecule has 0 radical (unpaired) electrons. The van der Waals surface area contributed by atoms with Crippen LogP contribution in [0.2, 0.25) is 0 Å². The highest BCUT2D eigenvalue weighted by Gasteiger charge is 2.30. The molecule has 4 rings (SSSR count). The number of nitro benzene ring substituents is 1. The Morgan fingerprint density at radius 2 is 2.00 bits per heavy atom. The fourth-order valence-electron chi connectivity index (χ4n) is 3.95. The summed E-state index contributed by atoms with van der Waals surface area (Å²) < 4.78 is 1.92. The van der Waals surface area contributed by atoms with Crippen molar-refractivity contribution < 1.29 is 4.92 Å². The summed E-state index contributed by atoms with van der Waals surface area (Å²) in [4.78, 5) is 13.0. The van der Waals surface area contributed by atoms with E-state index >= 15 is 0 Å². The van der Waals surface area contributed by atoms with Crippen LogP contribution in [0.25, 0.3) is 5.69 Å². The Balaban J connectivity index is 1.65. The summed E-state index contributed by atoms with van der Waals surface area (Å²) in [5.74, 6) is 1.57. The summed E-state index contributed by atoms with van der Waals surface area (Å²) in [5, 5.41) is 19.2. The molecule has 2 aliphatic heterocycles.